The molecule has 0 fully saturated rings. The van der Waals surface area contributed by atoms with Gasteiger partial charge >= 0.3 is 5.69 Å². The zero-order chi connectivity index (χ0) is 22.7. The van der Waals surface area contributed by atoms with Crippen molar-refractivity contribution in [2.24, 2.45) is 0 Å². The van der Waals surface area contributed by atoms with E-state index in [1.165, 1.54) is 34.9 Å². The average molecular weight is 433 g/mol. The first-order valence-electron chi connectivity index (χ1n) is 9.88. The maximum Gasteiger partial charge on any atom is 0.350 e. The van der Waals surface area contributed by atoms with Gasteiger partial charge in [-0.2, -0.15) is 0 Å². The van der Waals surface area contributed by atoms with Gasteiger partial charge in [-0.3, -0.25) is 9.59 Å². The highest BCUT2D eigenvalue weighted by Crippen LogP contribution is 2.12. The highest BCUT2D eigenvalue weighted by atomic mass is 19.1. The van der Waals surface area contributed by atoms with Gasteiger partial charge in [-0.05, 0) is 36.8 Å². The quantitative estimate of drug-likeness (QED) is 0.488. The number of benzene rings is 2. The number of hydrogen-bond acceptors (Lipinski definition) is 4. The van der Waals surface area contributed by atoms with Crippen LogP contribution in [0.2, 0.25) is 0 Å². The van der Waals surface area contributed by atoms with Gasteiger partial charge in [-0.1, -0.05) is 42.0 Å². The van der Waals surface area contributed by atoms with Gasteiger partial charge in [0.25, 0.3) is 5.91 Å². The van der Waals surface area contributed by atoms with Gasteiger partial charge < -0.3 is 10.6 Å². The molecule has 0 saturated carbocycles. The number of fused-ring (bicyclic) bond motifs is 1. The number of hydrogen-bond donors (Lipinski definition) is 2. The number of rotatable bonds is 6. The first-order valence-corrected chi connectivity index (χ1v) is 9.88. The molecule has 2 aromatic carbocycles. The molecule has 0 atom stereocenters. The van der Waals surface area contributed by atoms with E-state index in [1.54, 1.807) is 12.1 Å². The Bertz CT molecular complexity index is 1360. The lowest BCUT2D eigenvalue weighted by Crippen LogP contribution is -2.29. The highest BCUT2D eigenvalue weighted by molar-refractivity contribution is 5.94. The molecule has 0 bridgehead atoms. The predicted octanol–water partition coefficient (Wildman–Crippen LogP) is 2.51. The van der Waals surface area contributed by atoms with Crippen molar-refractivity contribution in [2.75, 3.05) is 5.32 Å². The standard InChI is InChI=1S/C23H20FN5O3/c1-15-6-8-16(9-7-15)12-25-22(31)17-10-11-20-27-29(23(32)28(20)13-17)14-21(30)26-19-5-3-2-4-18(19)24/h2-11,13H,12,14H2,1H3,(H,25,31)(H,26,30). The summed E-state index contributed by atoms with van der Waals surface area (Å²) in [6.07, 6.45) is 1.38. The summed E-state index contributed by atoms with van der Waals surface area (Å²) in [5, 5.41) is 9.32. The molecular weight excluding hydrogens is 413 g/mol. The Hall–Kier alpha value is -4.27. The number of anilines is 1. The van der Waals surface area contributed by atoms with E-state index < -0.39 is 24.0 Å². The molecule has 162 valence electrons. The van der Waals surface area contributed by atoms with Crippen molar-refractivity contribution in [3.63, 3.8) is 0 Å². The third-order valence-electron chi connectivity index (χ3n) is 4.85. The zero-order valence-corrected chi connectivity index (χ0v) is 17.2. The third kappa shape index (κ3) is 4.56. The van der Waals surface area contributed by atoms with Crippen LogP contribution in [0.15, 0.2) is 71.7 Å². The van der Waals surface area contributed by atoms with Crippen molar-refractivity contribution in [3.05, 3.63) is 99.9 Å². The van der Waals surface area contributed by atoms with E-state index in [2.05, 4.69) is 15.7 Å². The summed E-state index contributed by atoms with van der Waals surface area (Å²) in [5.74, 6) is -1.52. The molecule has 4 aromatic rings. The van der Waals surface area contributed by atoms with Crippen LogP contribution in [-0.2, 0) is 17.9 Å². The molecule has 2 amide bonds. The zero-order valence-electron chi connectivity index (χ0n) is 17.2. The first kappa shape index (κ1) is 21.0. The largest absolute Gasteiger partial charge is 0.350 e. The summed E-state index contributed by atoms with van der Waals surface area (Å²) in [6, 6.07) is 16.6. The summed E-state index contributed by atoms with van der Waals surface area (Å²) in [7, 11) is 0. The van der Waals surface area contributed by atoms with E-state index in [4.69, 9.17) is 0 Å². The molecule has 0 aliphatic heterocycles. The highest BCUT2D eigenvalue weighted by Gasteiger charge is 2.14. The summed E-state index contributed by atoms with van der Waals surface area (Å²) in [5.41, 5.74) is 2.07. The summed E-state index contributed by atoms with van der Waals surface area (Å²) >= 11 is 0. The molecule has 0 unspecified atom stereocenters. The molecule has 0 aliphatic carbocycles. The minimum atomic E-state index is -0.600. The molecule has 4 rings (SSSR count). The Morgan fingerprint density at radius 3 is 2.53 bits per heavy atom. The van der Waals surface area contributed by atoms with Crippen molar-refractivity contribution in [2.45, 2.75) is 20.0 Å². The number of pyridine rings is 1. The number of carbonyl (C=O) groups is 2. The van der Waals surface area contributed by atoms with E-state index in [9.17, 15) is 18.8 Å². The summed E-state index contributed by atoms with van der Waals surface area (Å²) in [6.45, 7) is 1.93. The van der Waals surface area contributed by atoms with Gasteiger partial charge in [0.05, 0.1) is 11.3 Å². The molecule has 0 spiro atoms. The Morgan fingerprint density at radius 1 is 1.03 bits per heavy atom. The number of nitrogens with one attached hydrogen (secondary N) is 2. The normalized spacial score (nSPS) is 10.8. The fourth-order valence-corrected chi connectivity index (χ4v) is 3.13. The molecule has 2 heterocycles. The Morgan fingerprint density at radius 2 is 1.78 bits per heavy atom. The van der Waals surface area contributed by atoms with E-state index in [-0.39, 0.29) is 22.8 Å². The lowest BCUT2D eigenvalue weighted by atomic mass is 10.1. The van der Waals surface area contributed by atoms with Crippen molar-refractivity contribution >= 4 is 23.1 Å². The van der Waals surface area contributed by atoms with Crippen molar-refractivity contribution in [1.29, 1.82) is 0 Å². The van der Waals surface area contributed by atoms with Crippen LogP contribution in [0.3, 0.4) is 0 Å². The van der Waals surface area contributed by atoms with Crippen LogP contribution < -0.4 is 16.3 Å². The summed E-state index contributed by atoms with van der Waals surface area (Å²) in [4.78, 5) is 37.4. The van der Waals surface area contributed by atoms with Crippen molar-refractivity contribution in [1.82, 2.24) is 19.5 Å². The van der Waals surface area contributed by atoms with Gasteiger partial charge in [0.2, 0.25) is 5.91 Å². The van der Waals surface area contributed by atoms with Crippen LogP contribution in [0.5, 0.6) is 0 Å². The van der Waals surface area contributed by atoms with Gasteiger partial charge in [0.1, 0.15) is 12.4 Å². The summed E-state index contributed by atoms with van der Waals surface area (Å²) < 4.78 is 15.9. The molecule has 0 saturated heterocycles. The molecule has 32 heavy (non-hydrogen) atoms. The van der Waals surface area contributed by atoms with Crippen LogP contribution >= 0.6 is 0 Å². The lowest BCUT2D eigenvalue weighted by Gasteiger charge is -2.06. The van der Waals surface area contributed by atoms with Gasteiger partial charge in [0, 0.05) is 12.7 Å². The number of aryl methyl sites for hydroxylation is 1. The van der Waals surface area contributed by atoms with Gasteiger partial charge in [-0.15, -0.1) is 5.10 Å². The Kier molecular flexibility index (Phi) is 5.80. The van der Waals surface area contributed by atoms with Crippen LogP contribution in [-0.4, -0.2) is 26.0 Å². The molecular formula is C23H20FN5O3. The van der Waals surface area contributed by atoms with Crippen LogP contribution in [0, 0.1) is 12.7 Å². The maximum atomic E-state index is 13.7. The van der Waals surface area contributed by atoms with E-state index in [1.807, 2.05) is 31.2 Å². The lowest BCUT2D eigenvalue weighted by molar-refractivity contribution is -0.117. The number of aromatic nitrogens is 3. The second-order valence-corrected chi connectivity index (χ2v) is 7.28. The fourth-order valence-electron chi connectivity index (χ4n) is 3.13. The second kappa shape index (κ2) is 8.84. The van der Waals surface area contributed by atoms with Gasteiger partial charge in [-0.25, -0.2) is 18.3 Å². The maximum absolute atomic E-state index is 13.7. The van der Waals surface area contributed by atoms with Crippen LogP contribution in [0.25, 0.3) is 5.65 Å². The van der Waals surface area contributed by atoms with Crippen LogP contribution in [0.4, 0.5) is 10.1 Å². The monoisotopic (exact) mass is 433 g/mol. The SMILES string of the molecule is Cc1ccc(CNC(=O)c2ccc3nn(CC(=O)Nc4ccccc4F)c(=O)n3c2)cc1. The van der Waals surface area contributed by atoms with E-state index in [0.29, 0.717) is 6.54 Å². The number of para-hydroxylation sites is 1. The average Bonchev–Trinajstić information content (AvgIpc) is 3.09. The number of amides is 2. The topological polar surface area (TPSA) is 97.5 Å². The Balaban J connectivity index is 1.47. The van der Waals surface area contributed by atoms with Crippen molar-refractivity contribution < 1.29 is 14.0 Å². The van der Waals surface area contributed by atoms with Crippen LogP contribution in [0.1, 0.15) is 21.5 Å². The predicted molar refractivity (Wildman–Crippen MR) is 117 cm³/mol. The Labute approximate surface area is 182 Å². The molecule has 0 aliphatic rings. The molecule has 2 N–H and O–H groups in total. The van der Waals surface area contributed by atoms with Crippen molar-refractivity contribution in [3.8, 4) is 0 Å². The minimum absolute atomic E-state index is 0.0156. The van der Waals surface area contributed by atoms with E-state index in [0.717, 1.165) is 15.8 Å². The number of nitrogens with zero attached hydrogens (tertiary/aromatic N) is 3. The van der Waals surface area contributed by atoms with E-state index >= 15 is 0 Å². The second-order valence-electron chi connectivity index (χ2n) is 7.28. The third-order valence-corrected chi connectivity index (χ3v) is 4.85. The number of carbonyl (C=O) groups excluding carboxylic acids is 2. The molecule has 8 nitrogen and oxygen atoms in total. The van der Waals surface area contributed by atoms with Gasteiger partial charge in [0.15, 0.2) is 5.65 Å². The fraction of sp³-hybridized carbons (Fsp3) is 0.130. The molecule has 9 heteroatoms. The smallest absolute Gasteiger partial charge is 0.348 e. The minimum Gasteiger partial charge on any atom is -0.348 e. The molecule has 2 aromatic heterocycles. The first-order chi connectivity index (χ1) is 15.4. The molecule has 0 radical (unpaired) electrons. The number of halogens is 1.